The first-order chi connectivity index (χ1) is 11.9. The van der Waals surface area contributed by atoms with Gasteiger partial charge >= 0.3 is 0 Å². The van der Waals surface area contributed by atoms with Gasteiger partial charge in [-0.1, -0.05) is 6.92 Å². The molecular formula is C18H22FN3O3. The maximum absolute atomic E-state index is 15.0. The lowest BCUT2D eigenvalue weighted by Crippen LogP contribution is -2.40. The van der Waals surface area contributed by atoms with Crippen LogP contribution in [0.25, 0.3) is 10.9 Å². The number of ether oxygens (including phenoxy) is 1. The lowest BCUT2D eigenvalue weighted by atomic mass is 10.1. The fourth-order valence-electron chi connectivity index (χ4n) is 3.77. The molecule has 6 nitrogen and oxygen atoms in total. The second-order valence-corrected chi connectivity index (χ2v) is 7.14. The Morgan fingerprint density at radius 3 is 2.84 bits per heavy atom. The van der Waals surface area contributed by atoms with Gasteiger partial charge < -0.3 is 14.7 Å². The monoisotopic (exact) mass is 347 g/mol. The van der Waals surface area contributed by atoms with E-state index in [0.717, 1.165) is 19.5 Å². The molecule has 1 saturated heterocycles. The van der Waals surface area contributed by atoms with Crippen molar-refractivity contribution < 1.29 is 14.2 Å². The van der Waals surface area contributed by atoms with Crippen molar-refractivity contribution in [2.45, 2.75) is 26.4 Å². The summed E-state index contributed by atoms with van der Waals surface area (Å²) in [5.74, 6) is 0.456. The number of anilines is 1. The van der Waals surface area contributed by atoms with Gasteiger partial charge in [-0.25, -0.2) is 4.39 Å². The van der Waals surface area contributed by atoms with Crippen LogP contribution in [0.5, 0.6) is 5.75 Å². The molecule has 1 unspecified atom stereocenters. The molecule has 134 valence electrons. The molecule has 0 bridgehead atoms. The Labute approximate surface area is 145 Å². The van der Waals surface area contributed by atoms with Crippen molar-refractivity contribution in [3.8, 4) is 5.75 Å². The third kappa shape index (κ3) is 2.37. The zero-order chi connectivity index (χ0) is 17.9. The first-order valence-electron chi connectivity index (χ1n) is 8.57. The fourth-order valence-corrected chi connectivity index (χ4v) is 3.77. The normalized spacial score (nSPS) is 20.9. The summed E-state index contributed by atoms with van der Waals surface area (Å²) in [6.07, 6.45) is 1.70. The van der Waals surface area contributed by atoms with Crippen molar-refractivity contribution in [3.63, 3.8) is 0 Å². The van der Waals surface area contributed by atoms with E-state index in [2.05, 4.69) is 6.92 Å². The number of pyridine rings is 1. The summed E-state index contributed by atoms with van der Waals surface area (Å²) in [6, 6.07) is 1.28. The van der Waals surface area contributed by atoms with Crippen molar-refractivity contribution in [1.29, 1.82) is 0 Å². The zero-order valence-electron chi connectivity index (χ0n) is 14.6. The zero-order valence-corrected chi connectivity index (χ0v) is 14.6. The molecule has 0 radical (unpaired) electrons. The molecular weight excluding hydrogens is 325 g/mol. The molecule has 7 heteroatoms. The summed E-state index contributed by atoms with van der Waals surface area (Å²) < 4.78 is 22.6. The third-order valence-electron chi connectivity index (χ3n) is 5.13. The Bertz CT molecular complexity index is 909. The molecule has 0 amide bonds. The molecule has 1 N–H and O–H groups in total. The number of hydrogen-bond donors (Lipinski definition) is 1. The van der Waals surface area contributed by atoms with E-state index in [0.29, 0.717) is 22.9 Å². The molecule has 0 spiro atoms. The number of aliphatic hydroxyl groups is 1. The summed E-state index contributed by atoms with van der Waals surface area (Å²) in [5, 5.41) is 11.9. The van der Waals surface area contributed by atoms with Gasteiger partial charge in [0.2, 0.25) is 0 Å². The van der Waals surface area contributed by atoms with Crippen LogP contribution in [0.1, 0.15) is 31.9 Å². The van der Waals surface area contributed by atoms with Gasteiger partial charge in [-0.05, 0) is 25.3 Å². The second-order valence-electron chi connectivity index (χ2n) is 7.14. The number of rotatable bonds is 2. The Hall–Kier alpha value is -2.28. The number of aromatic nitrogens is 1. The molecule has 3 heterocycles. The van der Waals surface area contributed by atoms with Crippen LogP contribution in [-0.4, -0.2) is 36.7 Å². The van der Waals surface area contributed by atoms with Gasteiger partial charge in [0, 0.05) is 31.9 Å². The SMILES string of the molecule is CC(O)c1cn2c3c(c(N4CC[C@@H](C)C4)c(F)cc3c1=O)OCN2C. The largest absolute Gasteiger partial charge is 0.467 e. The quantitative estimate of drug-likeness (QED) is 0.900. The molecule has 2 aliphatic heterocycles. The Morgan fingerprint density at radius 2 is 2.20 bits per heavy atom. The highest BCUT2D eigenvalue weighted by atomic mass is 19.1. The van der Waals surface area contributed by atoms with Crippen molar-refractivity contribution >= 4 is 16.6 Å². The van der Waals surface area contributed by atoms with Crippen LogP contribution in [0.2, 0.25) is 0 Å². The lowest BCUT2D eigenvalue weighted by Gasteiger charge is -2.33. The first-order valence-corrected chi connectivity index (χ1v) is 8.57. The van der Waals surface area contributed by atoms with Crippen molar-refractivity contribution in [3.05, 3.63) is 33.9 Å². The van der Waals surface area contributed by atoms with Gasteiger partial charge in [-0.15, -0.1) is 0 Å². The number of halogens is 1. The van der Waals surface area contributed by atoms with E-state index < -0.39 is 11.9 Å². The van der Waals surface area contributed by atoms with Gasteiger partial charge in [0.05, 0.1) is 11.5 Å². The van der Waals surface area contributed by atoms with Crippen molar-refractivity contribution in [2.24, 2.45) is 5.92 Å². The maximum Gasteiger partial charge on any atom is 0.195 e. The van der Waals surface area contributed by atoms with E-state index in [1.54, 1.807) is 15.9 Å². The summed E-state index contributed by atoms with van der Waals surface area (Å²) in [7, 11) is 1.82. The molecule has 1 aromatic heterocycles. The summed E-state index contributed by atoms with van der Waals surface area (Å²) in [4.78, 5) is 14.7. The van der Waals surface area contributed by atoms with E-state index >= 15 is 0 Å². The minimum absolute atomic E-state index is 0.230. The van der Waals surface area contributed by atoms with Gasteiger partial charge in [0.25, 0.3) is 0 Å². The van der Waals surface area contributed by atoms with Gasteiger partial charge in [0.1, 0.15) is 11.2 Å². The van der Waals surface area contributed by atoms with Gasteiger partial charge in [0.15, 0.2) is 23.7 Å². The van der Waals surface area contributed by atoms with E-state index in [9.17, 15) is 14.3 Å². The molecule has 2 aromatic rings. The van der Waals surface area contributed by atoms with E-state index in [-0.39, 0.29) is 23.1 Å². The number of hydrogen-bond acceptors (Lipinski definition) is 5. The van der Waals surface area contributed by atoms with Gasteiger partial charge in [-0.3, -0.25) is 14.5 Å². The van der Waals surface area contributed by atoms with E-state index in [4.69, 9.17) is 4.74 Å². The molecule has 2 atom stereocenters. The highest BCUT2D eigenvalue weighted by Crippen LogP contribution is 2.41. The summed E-state index contributed by atoms with van der Waals surface area (Å²) in [5.41, 5.74) is 0.873. The maximum atomic E-state index is 15.0. The molecule has 2 aliphatic rings. The van der Waals surface area contributed by atoms with Crippen LogP contribution in [0.15, 0.2) is 17.1 Å². The topological polar surface area (TPSA) is 57.9 Å². The number of aliphatic hydroxyl groups excluding tert-OH is 1. The fraction of sp³-hybridized carbons (Fsp3) is 0.500. The standard InChI is InChI=1S/C18H22FN3O3/c1-10-4-5-21(7-10)16-14(19)6-12-15-18(16)25-9-20(3)22(15)8-13(11(2)23)17(12)24/h6,8,10-11,23H,4-5,7,9H2,1-3H3/t10-,11?/m1/s1. The Balaban J connectivity index is 2.05. The Morgan fingerprint density at radius 1 is 1.44 bits per heavy atom. The second kappa shape index (κ2) is 5.62. The molecule has 0 saturated carbocycles. The van der Waals surface area contributed by atoms with Crippen LogP contribution in [0.3, 0.4) is 0 Å². The third-order valence-corrected chi connectivity index (χ3v) is 5.13. The lowest BCUT2D eigenvalue weighted by molar-refractivity contribution is 0.196. The van der Waals surface area contributed by atoms with E-state index in [1.165, 1.54) is 13.0 Å². The molecule has 4 rings (SSSR count). The summed E-state index contributed by atoms with van der Waals surface area (Å²) in [6.45, 7) is 5.46. The van der Waals surface area contributed by atoms with Crippen LogP contribution >= 0.6 is 0 Å². The highest BCUT2D eigenvalue weighted by molar-refractivity contribution is 5.92. The van der Waals surface area contributed by atoms with Crippen molar-refractivity contribution in [1.82, 2.24) is 4.68 Å². The minimum Gasteiger partial charge on any atom is -0.467 e. The summed E-state index contributed by atoms with van der Waals surface area (Å²) >= 11 is 0. The van der Waals surface area contributed by atoms with Crippen LogP contribution < -0.4 is 20.1 Å². The van der Waals surface area contributed by atoms with Crippen LogP contribution in [-0.2, 0) is 0 Å². The average Bonchev–Trinajstić information content (AvgIpc) is 2.98. The number of nitrogens with zero attached hydrogens (tertiary/aromatic N) is 3. The Kier molecular flexibility index (Phi) is 3.64. The minimum atomic E-state index is -0.928. The predicted molar refractivity (Wildman–Crippen MR) is 94.4 cm³/mol. The smallest absolute Gasteiger partial charge is 0.195 e. The van der Waals surface area contributed by atoms with Gasteiger partial charge in [-0.2, -0.15) is 0 Å². The predicted octanol–water partition coefficient (Wildman–Crippen LogP) is 1.96. The molecule has 1 aromatic carbocycles. The number of benzene rings is 1. The molecule has 1 fully saturated rings. The molecule has 25 heavy (non-hydrogen) atoms. The molecule has 0 aliphatic carbocycles. The van der Waals surface area contributed by atoms with Crippen LogP contribution in [0.4, 0.5) is 10.1 Å². The van der Waals surface area contributed by atoms with Crippen molar-refractivity contribution in [2.75, 3.05) is 36.8 Å². The average molecular weight is 347 g/mol. The highest BCUT2D eigenvalue weighted by Gasteiger charge is 2.31. The van der Waals surface area contributed by atoms with E-state index in [1.807, 2.05) is 11.9 Å². The van der Waals surface area contributed by atoms with Crippen LogP contribution in [0, 0.1) is 11.7 Å². The first kappa shape index (κ1) is 16.2.